The van der Waals surface area contributed by atoms with Gasteiger partial charge in [-0.2, -0.15) is 0 Å². The van der Waals surface area contributed by atoms with Crippen molar-refractivity contribution in [2.75, 3.05) is 13.1 Å². The molecule has 0 aromatic heterocycles. The lowest BCUT2D eigenvalue weighted by Crippen LogP contribution is -2.53. The van der Waals surface area contributed by atoms with Crippen LogP contribution >= 0.6 is 0 Å². The summed E-state index contributed by atoms with van der Waals surface area (Å²) in [4.78, 5) is 0. The molecule has 62 valence electrons. The van der Waals surface area contributed by atoms with Crippen LogP contribution in [0.25, 0.3) is 0 Å². The summed E-state index contributed by atoms with van der Waals surface area (Å²) in [5.41, 5.74) is 3.78. The summed E-state index contributed by atoms with van der Waals surface area (Å²) < 4.78 is 0. The lowest BCUT2D eigenvalue weighted by Gasteiger charge is -2.39. The Balaban J connectivity index is 1.99. The molecular weight excluding hydrogens is 146 g/mol. The van der Waals surface area contributed by atoms with E-state index in [0.29, 0.717) is 5.41 Å². The van der Waals surface area contributed by atoms with Gasteiger partial charge in [0, 0.05) is 18.5 Å². The minimum atomic E-state index is 0.615. The van der Waals surface area contributed by atoms with Gasteiger partial charge in [-0.1, -0.05) is 24.3 Å². The molecule has 2 aliphatic rings. The number of nitrogens with one attached hydrogen (secondary N) is 1. The van der Waals surface area contributed by atoms with Crippen LogP contribution in [0.5, 0.6) is 0 Å². The third-order valence-electron chi connectivity index (χ3n) is 3.25. The summed E-state index contributed by atoms with van der Waals surface area (Å²) in [6, 6.07) is 8.87. The third-order valence-corrected chi connectivity index (χ3v) is 3.25. The Morgan fingerprint density at radius 3 is 2.00 bits per heavy atom. The first kappa shape index (κ1) is 6.67. The second-order valence-electron chi connectivity index (χ2n) is 4.23. The van der Waals surface area contributed by atoms with Crippen LogP contribution in [0, 0.1) is 5.41 Å². The molecule has 0 bridgehead atoms. The van der Waals surface area contributed by atoms with Crippen molar-refractivity contribution in [2.24, 2.45) is 5.41 Å². The molecule has 1 saturated heterocycles. The van der Waals surface area contributed by atoms with Gasteiger partial charge in [0.15, 0.2) is 0 Å². The maximum Gasteiger partial charge on any atom is 0.00333 e. The lowest BCUT2D eigenvalue weighted by atomic mass is 9.79. The SMILES string of the molecule is c1ccc2c(c1)CC1(CNC1)C2. The molecule has 0 saturated carbocycles. The van der Waals surface area contributed by atoms with E-state index in [1.165, 1.54) is 25.9 Å². The average molecular weight is 159 g/mol. The van der Waals surface area contributed by atoms with Crippen LogP contribution in [0.3, 0.4) is 0 Å². The molecule has 1 nitrogen and oxygen atoms in total. The first-order chi connectivity index (χ1) is 5.88. The van der Waals surface area contributed by atoms with Crippen molar-refractivity contribution in [3.8, 4) is 0 Å². The second kappa shape index (κ2) is 2.11. The van der Waals surface area contributed by atoms with Crippen LogP contribution in [-0.4, -0.2) is 13.1 Å². The molecule has 1 fully saturated rings. The first-order valence-corrected chi connectivity index (χ1v) is 4.66. The zero-order valence-corrected chi connectivity index (χ0v) is 7.14. The molecule has 1 spiro atoms. The number of hydrogen-bond donors (Lipinski definition) is 1. The Morgan fingerprint density at radius 1 is 1.00 bits per heavy atom. The van der Waals surface area contributed by atoms with Crippen molar-refractivity contribution in [2.45, 2.75) is 12.8 Å². The fourth-order valence-corrected chi connectivity index (χ4v) is 2.50. The van der Waals surface area contributed by atoms with E-state index in [-0.39, 0.29) is 0 Å². The van der Waals surface area contributed by atoms with Crippen molar-refractivity contribution in [1.82, 2.24) is 5.32 Å². The fraction of sp³-hybridized carbons (Fsp3) is 0.455. The maximum absolute atomic E-state index is 3.38. The van der Waals surface area contributed by atoms with Crippen LogP contribution in [-0.2, 0) is 12.8 Å². The summed E-state index contributed by atoms with van der Waals surface area (Å²) in [6.07, 6.45) is 2.60. The van der Waals surface area contributed by atoms with E-state index in [1.54, 1.807) is 11.1 Å². The molecule has 1 aliphatic carbocycles. The Bertz CT molecular complexity index is 286. The van der Waals surface area contributed by atoms with Crippen molar-refractivity contribution in [3.05, 3.63) is 35.4 Å². The van der Waals surface area contributed by atoms with Gasteiger partial charge in [0.25, 0.3) is 0 Å². The highest BCUT2D eigenvalue weighted by molar-refractivity contribution is 5.35. The van der Waals surface area contributed by atoms with Crippen LogP contribution in [0.2, 0.25) is 0 Å². The van der Waals surface area contributed by atoms with Crippen molar-refractivity contribution < 1.29 is 0 Å². The molecule has 12 heavy (non-hydrogen) atoms. The highest BCUT2D eigenvalue weighted by Gasteiger charge is 2.41. The minimum absolute atomic E-state index is 0.615. The first-order valence-electron chi connectivity index (χ1n) is 4.66. The highest BCUT2D eigenvalue weighted by atomic mass is 15.0. The third kappa shape index (κ3) is 0.774. The number of hydrogen-bond acceptors (Lipinski definition) is 1. The van der Waals surface area contributed by atoms with E-state index < -0.39 is 0 Å². The van der Waals surface area contributed by atoms with E-state index in [2.05, 4.69) is 29.6 Å². The van der Waals surface area contributed by atoms with Gasteiger partial charge in [-0.05, 0) is 24.0 Å². The highest BCUT2D eigenvalue weighted by Crippen LogP contribution is 2.39. The Labute approximate surface area is 72.8 Å². The smallest absolute Gasteiger partial charge is 0.00333 e. The van der Waals surface area contributed by atoms with E-state index >= 15 is 0 Å². The van der Waals surface area contributed by atoms with Crippen LogP contribution in [0.15, 0.2) is 24.3 Å². The fourth-order valence-electron chi connectivity index (χ4n) is 2.50. The molecule has 1 aliphatic heterocycles. The van der Waals surface area contributed by atoms with Crippen LogP contribution < -0.4 is 5.32 Å². The largest absolute Gasteiger partial charge is 0.315 e. The second-order valence-corrected chi connectivity index (χ2v) is 4.23. The Kier molecular flexibility index (Phi) is 1.17. The average Bonchev–Trinajstić information content (AvgIpc) is 2.42. The number of rotatable bonds is 0. The molecular formula is C11H13N. The van der Waals surface area contributed by atoms with Gasteiger partial charge >= 0.3 is 0 Å². The lowest BCUT2D eigenvalue weighted by molar-refractivity contribution is 0.183. The van der Waals surface area contributed by atoms with E-state index in [1.807, 2.05) is 0 Å². The van der Waals surface area contributed by atoms with Gasteiger partial charge in [0.05, 0.1) is 0 Å². The molecule has 3 rings (SSSR count). The summed E-state index contributed by atoms with van der Waals surface area (Å²) in [5, 5.41) is 3.38. The zero-order chi connectivity index (χ0) is 8.02. The summed E-state index contributed by atoms with van der Waals surface area (Å²) >= 11 is 0. The molecule has 1 heteroatoms. The van der Waals surface area contributed by atoms with Crippen LogP contribution in [0.1, 0.15) is 11.1 Å². The van der Waals surface area contributed by atoms with Crippen molar-refractivity contribution in [1.29, 1.82) is 0 Å². The van der Waals surface area contributed by atoms with Gasteiger partial charge in [-0.3, -0.25) is 0 Å². The van der Waals surface area contributed by atoms with E-state index in [9.17, 15) is 0 Å². The van der Waals surface area contributed by atoms with Gasteiger partial charge in [0.1, 0.15) is 0 Å². The minimum Gasteiger partial charge on any atom is -0.315 e. The molecule has 0 amide bonds. The molecule has 1 N–H and O–H groups in total. The zero-order valence-electron chi connectivity index (χ0n) is 7.14. The molecule has 1 aromatic carbocycles. The molecule has 0 unspecified atom stereocenters. The van der Waals surface area contributed by atoms with E-state index in [0.717, 1.165) is 0 Å². The van der Waals surface area contributed by atoms with Crippen LogP contribution in [0.4, 0.5) is 0 Å². The number of benzene rings is 1. The summed E-state index contributed by atoms with van der Waals surface area (Å²) in [6.45, 7) is 2.45. The Morgan fingerprint density at radius 2 is 1.58 bits per heavy atom. The van der Waals surface area contributed by atoms with Gasteiger partial charge in [-0.15, -0.1) is 0 Å². The van der Waals surface area contributed by atoms with Gasteiger partial charge < -0.3 is 5.32 Å². The normalized spacial score (nSPS) is 23.7. The quantitative estimate of drug-likeness (QED) is 0.603. The molecule has 0 radical (unpaired) electrons. The Hall–Kier alpha value is -0.820. The molecule has 0 atom stereocenters. The standard InChI is InChI=1S/C11H13N/c1-2-4-10-6-11(7-12-8-11)5-9(10)3-1/h1-4,12H,5-8H2. The van der Waals surface area contributed by atoms with E-state index in [4.69, 9.17) is 0 Å². The van der Waals surface area contributed by atoms with Crippen molar-refractivity contribution in [3.63, 3.8) is 0 Å². The summed E-state index contributed by atoms with van der Waals surface area (Å²) in [7, 11) is 0. The maximum atomic E-state index is 3.38. The predicted molar refractivity (Wildman–Crippen MR) is 49.2 cm³/mol. The van der Waals surface area contributed by atoms with Gasteiger partial charge in [-0.25, -0.2) is 0 Å². The van der Waals surface area contributed by atoms with Crippen molar-refractivity contribution >= 4 is 0 Å². The molecule has 1 aromatic rings. The molecule has 1 heterocycles. The number of fused-ring (bicyclic) bond motifs is 1. The predicted octanol–water partition coefficient (Wildman–Crippen LogP) is 1.37. The van der Waals surface area contributed by atoms with Gasteiger partial charge in [0.2, 0.25) is 0 Å². The monoisotopic (exact) mass is 159 g/mol. The topological polar surface area (TPSA) is 12.0 Å². The summed E-state index contributed by atoms with van der Waals surface area (Å²) in [5.74, 6) is 0.